The van der Waals surface area contributed by atoms with Crippen LogP contribution < -0.4 is 0 Å². The van der Waals surface area contributed by atoms with Gasteiger partial charge in [-0.25, -0.2) is 9.97 Å². The molecule has 0 N–H and O–H groups in total. The summed E-state index contributed by atoms with van der Waals surface area (Å²) in [4.78, 5) is 8.43. The van der Waals surface area contributed by atoms with E-state index in [0.29, 0.717) is 22.2 Å². The highest BCUT2D eigenvalue weighted by Crippen LogP contribution is 2.35. The lowest BCUT2D eigenvalue weighted by Crippen LogP contribution is -1.93. The molecule has 0 bridgehead atoms. The Bertz CT molecular complexity index is 734. The highest BCUT2D eigenvalue weighted by Gasteiger charge is 2.16. The summed E-state index contributed by atoms with van der Waals surface area (Å²) in [7, 11) is 0. The van der Waals surface area contributed by atoms with Crippen LogP contribution in [0.4, 0.5) is 0 Å². The molecule has 20 heavy (non-hydrogen) atoms. The van der Waals surface area contributed by atoms with Crippen LogP contribution >= 0.6 is 34.8 Å². The van der Waals surface area contributed by atoms with Gasteiger partial charge in [0, 0.05) is 5.02 Å². The van der Waals surface area contributed by atoms with E-state index in [2.05, 4.69) is 9.97 Å². The molecule has 0 radical (unpaired) electrons. The first kappa shape index (κ1) is 13.4. The van der Waals surface area contributed by atoms with Gasteiger partial charge in [-0.1, -0.05) is 46.9 Å². The van der Waals surface area contributed by atoms with E-state index in [1.807, 2.05) is 12.1 Å². The van der Waals surface area contributed by atoms with Gasteiger partial charge < -0.3 is 4.42 Å². The predicted octanol–water partition coefficient (Wildman–Crippen LogP) is 5.36. The molecule has 6 heteroatoms. The lowest BCUT2D eigenvalue weighted by Gasteiger charge is -2.07. The Labute approximate surface area is 130 Å². The molecular weight excluding hydrogens is 319 g/mol. The van der Waals surface area contributed by atoms with Crippen molar-refractivity contribution in [2.24, 2.45) is 0 Å². The molecule has 100 valence electrons. The normalized spacial score (nSPS) is 10.8. The van der Waals surface area contributed by atoms with E-state index in [-0.39, 0.29) is 10.3 Å². The van der Waals surface area contributed by atoms with Crippen LogP contribution in [0.1, 0.15) is 0 Å². The number of nitrogens with zero attached hydrogens (tertiary/aromatic N) is 2. The van der Waals surface area contributed by atoms with Crippen LogP contribution in [-0.2, 0) is 0 Å². The van der Waals surface area contributed by atoms with Crippen LogP contribution in [0, 0.1) is 0 Å². The molecular formula is C14H7Cl3N2O. The fourth-order valence-electron chi connectivity index (χ4n) is 1.81. The highest BCUT2D eigenvalue weighted by atomic mass is 35.5. The molecule has 2 aromatic heterocycles. The first-order valence-corrected chi connectivity index (χ1v) is 6.81. The number of furan rings is 1. The summed E-state index contributed by atoms with van der Waals surface area (Å²) < 4.78 is 5.23. The second-order valence-corrected chi connectivity index (χ2v) is 5.14. The zero-order chi connectivity index (χ0) is 14.1. The second kappa shape index (κ2) is 5.44. The summed E-state index contributed by atoms with van der Waals surface area (Å²) in [6, 6.07) is 10.7. The largest absolute Gasteiger partial charge is 0.461 e. The minimum Gasteiger partial charge on any atom is -0.461 e. The summed E-state index contributed by atoms with van der Waals surface area (Å²) >= 11 is 18.4. The molecule has 3 aromatic rings. The Morgan fingerprint density at radius 1 is 0.900 bits per heavy atom. The summed E-state index contributed by atoms with van der Waals surface area (Å²) in [6.07, 6.45) is 1.53. The van der Waals surface area contributed by atoms with Crippen molar-refractivity contribution in [1.82, 2.24) is 9.97 Å². The average molecular weight is 326 g/mol. The third-order valence-electron chi connectivity index (χ3n) is 2.68. The molecule has 0 saturated carbocycles. The summed E-state index contributed by atoms with van der Waals surface area (Å²) in [5.41, 5.74) is 1.31. The minimum absolute atomic E-state index is 0.249. The molecule has 3 rings (SSSR count). The quantitative estimate of drug-likeness (QED) is 0.595. The second-order valence-electron chi connectivity index (χ2n) is 3.99. The molecule has 3 nitrogen and oxygen atoms in total. The molecule has 0 unspecified atom stereocenters. The smallest absolute Gasteiger partial charge is 0.198 e. The van der Waals surface area contributed by atoms with Gasteiger partial charge in [-0.15, -0.1) is 0 Å². The predicted molar refractivity (Wildman–Crippen MR) is 80.2 cm³/mol. The molecule has 2 heterocycles. The lowest BCUT2D eigenvalue weighted by atomic mass is 10.1. The maximum absolute atomic E-state index is 6.22. The molecule has 0 aliphatic carbocycles. The average Bonchev–Trinajstić information content (AvgIpc) is 2.91. The number of hydrogen-bond donors (Lipinski definition) is 0. The first-order valence-electron chi connectivity index (χ1n) is 5.68. The summed E-state index contributed by atoms with van der Waals surface area (Å²) in [5, 5.41) is 1.09. The van der Waals surface area contributed by atoms with Gasteiger partial charge in [-0.3, -0.25) is 0 Å². The maximum Gasteiger partial charge on any atom is 0.198 e. The number of aromatic nitrogens is 2. The Morgan fingerprint density at radius 3 is 2.25 bits per heavy atom. The zero-order valence-corrected chi connectivity index (χ0v) is 12.2. The van der Waals surface area contributed by atoms with E-state index < -0.39 is 0 Å². The van der Waals surface area contributed by atoms with Gasteiger partial charge in [0.25, 0.3) is 0 Å². The van der Waals surface area contributed by atoms with Crippen molar-refractivity contribution in [2.75, 3.05) is 0 Å². The van der Waals surface area contributed by atoms with Crippen molar-refractivity contribution in [3.8, 4) is 22.7 Å². The van der Waals surface area contributed by atoms with Crippen LogP contribution in [-0.4, -0.2) is 9.97 Å². The van der Waals surface area contributed by atoms with Crippen molar-refractivity contribution < 1.29 is 4.42 Å². The van der Waals surface area contributed by atoms with E-state index in [4.69, 9.17) is 39.2 Å². The van der Waals surface area contributed by atoms with Crippen molar-refractivity contribution in [3.05, 3.63) is 58.0 Å². The van der Waals surface area contributed by atoms with E-state index >= 15 is 0 Å². The maximum atomic E-state index is 6.22. The highest BCUT2D eigenvalue weighted by molar-refractivity contribution is 6.38. The number of hydrogen-bond acceptors (Lipinski definition) is 3. The summed E-state index contributed by atoms with van der Waals surface area (Å²) in [5.74, 6) is 0.849. The molecule has 0 fully saturated rings. The van der Waals surface area contributed by atoms with Crippen LogP contribution in [0.5, 0.6) is 0 Å². The van der Waals surface area contributed by atoms with Crippen LogP contribution in [0.25, 0.3) is 22.7 Å². The van der Waals surface area contributed by atoms with Gasteiger partial charge in [0.05, 0.1) is 11.8 Å². The molecule has 0 amide bonds. The fourth-order valence-corrected chi connectivity index (χ4v) is 2.60. The van der Waals surface area contributed by atoms with E-state index in [1.54, 1.807) is 24.3 Å². The van der Waals surface area contributed by atoms with Crippen molar-refractivity contribution in [2.45, 2.75) is 0 Å². The van der Waals surface area contributed by atoms with Crippen molar-refractivity contribution >= 4 is 34.8 Å². The molecule has 0 aliphatic heterocycles. The number of benzene rings is 1. The van der Waals surface area contributed by atoms with Crippen LogP contribution in [0.2, 0.25) is 15.3 Å². The van der Waals surface area contributed by atoms with Crippen molar-refractivity contribution in [1.29, 1.82) is 0 Å². The molecule has 1 aromatic carbocycles. The van der Waals surface area contributed by atoms with Gasteiger partial charge in [0.15, 0.2) is 11.6 Å². The van der Waals surface area contributed by atoms with Gasteiger partial charge in [0.1, 0.15) is 10.3 Å². The van der Waals surface area contributed by atoms with E-state index in [9.17, 15) is 0 Å². The van der Waals surface area contributed by atoms with E-state index in [1.165, 1.54) is 6.26 Å². The molecule has 0 spiro atoms. The van der Waals surface area contributed by atoms with Gasteiger partial charge in [-0.05, 0) is 29.8 Å². The van der Waals surface area contributed by atoms with Gasteiger partial charge in [-0.2, -0.15) is 0 Å². The standard InChI is InChI=1S/C14H7Cl3N2O/c15-9-4-1-3-8(7-9)11-12(16)18-14(19-13(11)17)10-5-2-6-20-10/h1-7H. The zero-order valence-electron chi connectivity index (χ0n) is 9.98. The van der Waals surface area contributed by atoms with Gasteiger partial charge in [0.2, 0.25) is 0 Å². The van der Waals surface area contributed by atoms with Gasteiger partial charge >= 0.3 is 0 Å². The Kier molecular flexibility index (Phi) is 3.66. The monoisotopic (exact) mass is 324 g/mol. The lowest BCUT2D eigenvalue weighted by molar-refractivity contribution is 0.577. The fraction of sp³-hybridized carbons (Fsp3) is 0. The molecule has 0 aliphatic rings. The van der Waals surface area contributed by atoms with Crippen LogP contribution in [0.3, 0.4) is 0 Å². The third-order valence-corrected chi connectivity index (χ3v) is 3.46. The first-order chi connectivity index (χ1) is 9.65. The molecule has 0 saturated heterocycles. The van der Waals surface area contributed by atoms with E-state index in [0.717, 1.165) is 5.56 Å². The Morgan fingerprint density at radius 2 is 1.65 bits per heavy atom. The third kappa shape index (κ3) is 2.52. The Balaban J connectivity index is 2.14. The van der Waals surface area contributed by atoms with Crippen LogP contribution in [0.15, 0.2) is 47.1 Å². The summed E-state index contributed by atoms with van der Waals surface area (Å²) in [6.45, 7) is 0. The number of halogens is 3. The Hall–Kier alpha value is -1.55. The minimum atomic E-state index is 0.249. The number of rotatable bonds is 2. The molecule has 0 atom stereocenters. The van der Waals surface area contributed by atoms with Crippen molar-refractivity contribution in [3.63, 3.8) is 0 Å². The topological polar surface area (TPSA) is 38.9 Å². The SMILES string of the molecule is Clc1cccc(-c2c(Cl)nc(-c3ccco3)nc2Cl)c1.